The van der Waals surface area contributed by atoms with Crippen molar-refractivity contribution in [3.8, 4) is 34.0 Å². The number of amides is 1. The first-order valence-corrected chi connectivity index (χ1v) is 14.1. The number of hydrogen-bond donors (Lipinski definition) is 1. The Bertz CT molecular complexity index is 1530. The molecular weight excluding hydrogens is 502 g/mol. The van der Waals surface area contributed by atoms with Crippen molar-refractivity contribution in [1.29, 1.82) is 0 Å². The summed E-state index contributed by atoms with van der Waals surface area (Å²) < 4.78 is 13.7. The molecule has 8 heteroatoms. The molecule has 6 rings (SSSR count). The molecule has 0 atom stereocenters. The quantitative estimate of drug-likeness (QED) is 0.293. The summed E-state index contributed by atoms with van der Waals surface area (Å²) in [5.74, 6) is 2.28. The van der Waals surface area contributed by atoms with E-state index in [1.807, 2.05) is 39.0 Å². The highest BCUT2D eigenvalue weighted by Crippen LogP contribution is 2.43. The van der Waals surface area contributed by atoms with Crippen LogP contribution in [0.5, 0.6) is 5.88 Å². The molecule has 0 radical (unpaired) electrons. The fourth-order valence-electron chi connectivity index (χ4n) is 5.52. The number of aryl methyl sites for hydroxylation is 1. The molecule has 3 heterocycles. The fourth-order valence-corrected chi connectivity index (χ4v) is 5.52. The number of nitrogens with one attached hydrogen (secondary N) is 1. The monoisotopic (exact) mass is 537 g/mol. The van der Waals surface area contributed by atoms with Gasteiger partial charge in [0.15, 0.2) is 12.4 Å². The van der Waals surface area contributed by atoms with Crippen LogP contribution in [-0.4, -0.2) is 31.4 Å². The minimum Gasteiger partial charge on any atom is -0.468 e. The Hall–Kier alpha value is -4.20. The Kier molecular flexibility index (Phi) is 6.56. The number of aromatic nitrogens is 4. The van der Waals surface area contributed by atoms with Gasteiger partial charge in [-0.15, -0.1) is 10.2 Å². The fraction of sp³-hybridized carbons (Fsp3) is 0.375. The average Bonchev–Trinajstić information content (AvgIpc) is 3.33. The number of fused-ring (bicyclic) bond motifs is 3. The third kappa shape index (κ3) is 4.83. The van der Waals surface area contributed by atoms with Crippen molar-refractivity contribution in [2.24, 2.45) is 0 Å². The lowest BCUT2D eigenvalue weighted by Gasteiger charge is -2.43. The van der Waals surface area contributed by atoms with Gasteiger partial charge in [-0.05, 0) is 63.6 Å². The first-order valence-electron chi connectivity index (χ1n) is 14.1. The third-order valence-corrected chi connectivity index (χ3v) is 7.56. The van der Waals surface area contributed by atoms with E-state index in [2.05, 4.69) is 69.5 Å². The van der Waals surface area contributed by atoms with E-state index >= 15 is 0 Å². The number of carbonyl (C=O) groups excluding carboxylic acids is 1. The number of pyridine rings is 1. The van der Waals surface area contributed by atoms with E-state index in [-0.39, 0.29) is 6.09 Å². The summed E-state index contributed by atoms with van der Waals surface area (Å²) in [6, 6.07) is 20.8. The number of benzene rings is 2. The highest BCUT2D eigenvalue weighted by atomic mass is 16.6. The molecule has 1 aliphatic carbocycles. The highest BCUT2D eigenvalue weighted by Gasteiger charge is 2.41. The van der Waals surface area contributed by atoms with Crippen molar-refractivity contribution in [2.75, 3.05) is 0 Å². The summed E-state index contributed by atoms with van der Waals surface area (Å²) >= 11 is 0. The molecule has 2 aromatic heterocycles. The van der Waals surface area contributed by atoms with Crippen LogP contribution in [0.15, 0.2) is 60.7 Å². The topological polar surface area (TPSA) is 91.2 Å². The number of ether oxygens (including phenoxy) is 2. The Morgan fingerprint density at radius 2 is 1.80 bits per heavy atom. The normalized spacial score (nSPS) is 15.3. The second kappa shape index (κ2) is 10.1. The first-order chi connectivity index (χ1) is 19.3. The lowest BCUT2D eigenvalue weighted by Crippen LogP contribution is -2.52. The van der Waals surface area contributed by atoms with Gasteiger partial charge in [-0.25, -0.2) is 9.78 Å². The number of hydrogen-bond acceptors (Lipinski definition) is 6. The molecule has 8 nitrogen and oxygen atoms in total. The lowest BCUT2D eigenvalue weighted by atomic mass is 9.71. The first kappa shape index (κ1) is 26.0. The summed E-state index contributed by atoms with van der Waals surface area (Å²) in [6.07, 6.45) is 4.24. The second-order valence-corrected chi connectivity index (χ2v) is 11.6. The molecule has 1 aliphatic heterocycles. The molecule has 0 unspecified atom stereocenters. The van der Waals surface area contributed by atoms with Crippen molar-refractivity contribution in [2.45, 2.75) is 77.5 Å². The van der Waals surface area contributed by atoms with Crippen molar-refractivity contribution in [3.63, 3.8) is 0 Å². The number of nitrogens with zero attached hydrogens (tertiary/aromatic N) is 4. The van der Waals surface area contributed by atoms with Crippen LogP contribution >= 0.6 is 0 Å². The van der Waals surface area contributed by atoms with Gasteiger partial charge in [0.25, 0.3) is 0 Å². The van der Waals surface area contributed by atoms with E-state index in [9.17, 15) is 4.79 Å². The van der Waals surface area contributed by atoms with Crippen LogP contribution in [0.2, 0.25) is 0 Å². The zero-order valence-corrected chi connectivity index (χ0v) is 23.5. The predicted octanol–water partition coefficient (Wildman–Crippen LogP) is 6.75. The molecule has 1 saturated carbocycles. The Morgan fingerprint density at radius 3 is 2.45 bits per heavy atom. The van der Waals surface area contributed by atoms with Crippen LogP contribution in [0.1, 0.15) is 70.6 Å². The molecule has 1 amide bonds. The minimum absolute atomic E-state index is 0.332. The Labute approximate surface area is 234 Å². The molecule has 40 heavy (non-hydrogen) atoms. The van der Waals surface area contributed by atoms with Gasteiger partial charge in [0.1, 0.15) is 17.1 Å². The summed E-state index contributed by atoms with van der Waals surface area (Å²) in [5, 5.41) is 11.9. The number of carbonyl (C=O) groups is 1. The number of alkyl carbamates (subject to hydrolysis) is 1. The van der Waals surface area contributed by atoms with Crippen LogP contribution in [0.3, 0.4) is 0 Å². The zero-order chi connectivity index (χ0) is 27.9. The standard InChI is InChI=1S/C32H35N5O3/c1-5-10-26-35-36-27-20-39-29-25(37(26)27)19-24(21-11-7-6-8-12-21)28(33-29)22-13-15-23(16-14-22)32(17-9-18-32)34-30(38)40-31(2,3)4/h6-8,11-16,19H,5,9-10,17-18,20H2,1-4H3,(H,34,38). The van der Waals surface area contributed by atoms with Gasteiger partial charge < -0.3 is 14.8 Å². The van der Waals surface area contributed by atoms with Crippen LogP contribution in [0.25, 0.3) is 28.1 Å². The SMILES string of the molecule is CCCc1nnc2n1-c1cc(-c3ccccc3)c(-c3ccc(C4(NC(=O)OC(C)(C)C)CCC4)cc3)nc1OC2. The molecule has 206 valence electrons. The van der Waals surface area contributed by atoms with Crippen LogP contribution in [0.4, 0.5) is 4.79 Å². The largest absolute Gasteiger partial charge is 0.468 e. The maximum Gasteiger partial charge on any atom is 0.408 e. The van der Waals surface area contributed by atoms with E-state index in [1.54, 1.807) is 0 Å². The highest BCUT2D eigenvalue weighted by molar-refractivity contribution is 5.83. The van der Waals surface area contributed by atoms with Crippen molar-refractivity contribution < 1.29 is 14.3 Å². The molecule has 0 spiro atoms. The van der Waals surface area contributed by atoms with E-state index < -0.39 is 11.1 Å². The van der Waals surface area contributed by atoms with E-state index in [0.29, 0.717) is 12.5 Å². The van der Waals surface area contributed by atoms with Gasteiger partial charge >= 0.3 is 6.09 Å². The van der Waals surface area contributed by atoms with Crippen molar-refractivity contribution in [1.82, 2.24) is 25.1 Å². The predicted molar refractivity (Wildman–Crippen MR) is 153 cm³/mol. The summed E-state index contributed by atoms with van der Waals surface area (Å²) in [6.45, 7) is 8.10. The van der Waals surface area contributed by atoms with Gasteiger partial charge in [-0.1, -0.05) is 61.5 Å². The zero-order valence-electron chi connectivity index (χ0n) is 23.5. The van der Waals surface area contributed by atoms with Gasteiger partial charge in [-0.2, -0.15) is 0 Å². The van der Waals surface area contributed by atoms with E-state index in [1.165, 1.54) is 0 Å². The van der Waals surface area contributed by atoms with E-state index in [0.717, 1.165) is 77.4 Å². The smallest absolute Gasteiger partial charge is 0.408 e. The molecule has 2 aromatic carbocycles. The molecular formula is C32H35N5O3. The van der Waals surface area contributed by atoms with Crippen molar-refractivity contribution in [3.05, 3.63) is 77.9 Å². The Morgan fingerprint density at radius 1 is 1.05 bits per heavy atom. The summed E-state index contributed by atoms with van der Waals surface area (Å²) in [5.41, 5.74) is 4.87. The van der Waals surface area contributed by atoms with Gasteiger partial charge in [-0.3, -0.25) is 4.57 Å². The second-order valence-electron chi connectivity index (χ2n) is 11.6. The van der Waals surface area contributed by atoms with E-state index in [4.69, 9.17) is 14.5 Å². The maximum atomic E-state index is 12.6. The molecule has 4 aromatic rings. The van der Waals surface area contributed by atoms with Crippen LogP contribution in [-0.2, 0) is 23.3 Å². The van der Waals surface area contributed by atoms with Gasteiger partial charge in [0.2, 0.25) is 5.88 Å². The van der Waals surface area contributed by atoms with Crippen molar-refractivity contribution >= 4 is 6.09 Å². The molecule has 1 fully saturated rings. The maximum absolute atomic E-state index is 12.6. The number of rotatable bonds is 6. The Balaban J connectivity index is 1.39. The summed E-state index contributed by atoms with van der Waals surface area (Å²) in [4.78, 5) is 17.7. The molecule has 2 aliphatic rings. The van der Waals surface area contributed by atoms with Gasteiger partial charge in [0.05, 0.1) is 11.2 Å². The minimum atomic E-state index is -0.544. The summed E-state index contributed by atoms with van der Waals surface area (Å²) in [7, 11) is 0. The third-order valence-electron chi connectivity index (χ3n) is 7.56. The molecule has 1 N–H and O–H groups in total. The molecule has 0 bridgehead atoms. The van der Waals surface area contributed by atoms with Gasteiger partial charge in [0, 0.05) is 17.5 Å². The average molecular weight is 538 g/mol. The van der Waals surface area contributed by atoms with Crippen LogP contribution in [0, 0.1) is 0 Å². The molecule has 0 saturated heterocycles. The van der Waals surface area contributed by atoms with Crippen LogP contribution < -0.4 is 10.1 Å². The lowest BCUT2D eigenvalue weighted by molar-refractivity contribution is 0.0377.